The zero-order chi connectivity index (χ0) is 15.7. The fourth-order valence-corrected chi connectivity index (χ4v) is 3.84. The molecule has 1 aromatic carbocycles. The van der Waals surface area contributed by atoms with Gasteiger partial charge in [0.1, 0.15) is 0 Å². The van der Waals surface area contributed by atoms with E-state index in [1.807, 2.05) is 0 Å². The maximum Gasteiger partial charge on any atom is 0.243 e. The van der Waals surface area contributed by atoms with Crippen LogP contribution in [0.25, 0.3) is 0 Å². The number of thiol groups is 1. The van der Waals surface area contributed by atoms with Crippen LogP contribution in [0, 0.1) is 0 Å². The summed E-state index contributed by atoms with van der Waals surface area (Å²) in [6.07, 6.45) is 2.88. The van der Waals surface area contributed by atoms with Crippen LogP contribution in [-0.4, -0.2) is 28.6 Å². The number of hydrogen-bond donors (Lipinski definition) is 2. The third-order valence-electron chi connectivity index (χ3n) is 4.36. The minimum absolute atomic E-state index is 0.0963. The number of hydrogen-bond acceptors (Lipinski definition) is 4. The summed E-state index contributed by atoms with van der Waals surface area (Å²) in [4.78, 5) is 25.4. The number of benzene rings is 1. The van der Waals surface area contributed by atoms with Crippen molar-refractivity contribution in [1.82, 2.24) is 10.2 Å². The van der Waals surface area contributed by atoms with Gasteiger partial charge in [-0.05, 0) is 36.0 Å². The highest BCUT2D eigenvalue weighted by molar-refractivity contribution is 7.80. The van der Waals surface area contributed by atoms with E-state index >= 15 is 0 Å². The fraction of sp³-hybridized carbons (Fsp3) is 0.500. The van der Waals surface area contributed by atoms with Crippen molar-refractivity contribution in [1.29, 1.82) is 0 Å². The molecule has 118 valence electrons. The minimum Gasteiger partial charge on any atom is -0.295 e. The molecule has 0 bridgehead atoms. The van der Waals surface area contributed by atoms with E-state index in [0.717, 1.165) is 18.4 Å². The molecule has 1 fully saturated rings. The monoisotopic (exact) mass is 338 g/mol. The first-order chi connectivity index (χ1) is 10.6. The Morgan fingerprint density at radius 2 is 2.18 bits per heavy atom. The summed E-state index contributed by atoms with van der Waals surface area (Å²) in [5.74, 6) is 0.275. The Hall–Kier alpha value is -1.04. The van der Waals surface area contributed by atoms with Crippen molar-refractivity contribution in [3.05, 3.63) is 34.9 Å². The van der Waals surface area contributed by atoms with Gasteiger partial charge in [0, 0.05) is 18.8 Å². The quantitative estimate of drug-likeness (QED) is 0.503. The standard InChI is InChI=1S/C16H19ClN2O2S/c17-7-1-2-10-3-4-12-11(8-10)9-19(16(12)22)13-5-6-14(20)18-15(13)21/h3-4,8,13,16,22H,1-2,5-7,9H2,(H,18,20,21). The van der Waals surface area contributed by atoms with Gasteiger partial charge in [-0.25, -0.2) is 0 Å². The SMILES string of the molecule is O=C1CCC(N2Cc3cc(CCCCl)ccc3C2S)C(=O)N1. The van der Waals surface area contributed by atoms with Gasteiger partial charge in [0.05, 0.1) is 11.4 Å². The molecule has 2 heterocycles. The highest BCUT2D eigenvalue weighted by Gasteiger charge is 2.38. The Bertz CT molecular complexity index is 608. The molecule has 0 radical (unpaired) electrons. The van der Waals surface area contributed by atoms with Crippen LogP contribution in [-0.2, 0) is 22.6 Å². The highest BCUT2D eigenvalue weighted by atomic mass is 35.5. The summed E-state index contributed by atoms with van der Waals surface area (Å²) in [5.41, 5.74) is 3.64. The van der Waals surface area contributed by atoms with Crippen molar-refractivity contribution in [3.8, 4) is 0 Å². The second-order valence-electron chi connectivity index (χ2n) is 5.84. The maximum atomic E-state index is 12.1. The average molecular weight is 339 g/mol. The molecule has 2 unspecified atom stereocenters. The van der Waals surface area contributed by atoms with Crippen molar-refractivity contribution in [2.24, 2.45) is 0 Å². The lowest BCUT2D eigenvalue weighted by Crippen LogP contribution is -2.51. The lowest BCUT2D eigenvalue weighted by molar-refractivity contribution is -0.137. The number of piperidine rings is 1. The number of aryl methyl sites for hydroxylation is 1. The van der Waals surface area contributed by atoms with E-state index in [1.165, 1.54) is 11.1 Å². The van der Waals surface area contributed by atoms with Crippen molar-refractivity contribution < 1.29 is 9.59 Å². The van der Waals surface area contributed by atoms with Crippen LogP contribution in [0.15, 0.2) is 18.2 Å². The molecule has 1 aromatic rings. The summed E-state index contributed by atoms with van der Waals surface area (Å²) in [6.45, 7) is 0.699. The largest absolute Gasteiger partial charge is 0.295 e. The Kier molecular flexibility index (Phi) is 4.76. The van der Waals surface area contributed by atoms with E-state index in [0.29, 0.717) is 25.3 Å². The van der Waals surface area contributed by atoms with E-state index < -0.39 is 0 Å². The summed E-state index contributed by atoms with van der Waals surface area (Å²) in [7, 11) is 0. The first-order valence-electron chi connectivity index (χ1n) is 7.55. The van der Waals surface area contributed by atoms with Crippen LogP contribution < -0.4 is 5.32 Å². The van der Waals surface area contributed by atoms with Crippen LogP contribution in [0.5, 0.6) is 0 Å². The third kappa shape index (κ3) is 3.03. The predicted molar refractivity (Wildman–Crippen MR) is 88.9 cm³/mol. The van der Waals surface area contributed by atoms with Crippen molar-refractivity contribution in [2.45, 2.75) is 43.6 Å². The Balaban J connectivity index is 1.77. The van der Waals surface area contributed by atoms with Crippen LogP contribution in [0.4, 0.5) is 0 Å². The zero-order valence-electron chi connectivity index (χ0n) is 12.2. The lowest BCUT2D eigenvalue weighted by atomic mass is 10.0. The number of amides is 2. The van der Waals surface area contributed by atoms with Gasteiger partial charge < -0.3 is 0 Å². The molecular weight excluding hydrogens is 320 g/mol. The number of carbonyl (C=O) groups excluding carboxylic acids is 2. The van der Waals surface area contributed by atoms with Gasteiger partial charge in [0.25, 0.3) is 0 Å². The third-order valence-corrected chi connectivity index (χ3v) is 5.20. The second kappa shape index (κ2) is 6.60. The molecule has 1 N–H and O–H groups in total. The molecule has 1 saturated heterocycles. The normalized spacial score (nSPS) is 25.2. The van der Waals surface area contributed by atoms with Crippen LogP contribution in [0.3, 0.4) is 0 Å². The molecule has 2 aliphatic rings. The number of rotatable bonds is 4. The van der Waals surface area contributed by atoms with Crippen molar-refractivity contribution in [2.75, 3.05) is 5.88 Å². The number of nitrogens with zero attached hydrogens (tertiary/aromatic N) is 1. The van der Waals surface area contributed by atoms with Gasteiger partial charge in [0.2, 0.25) is 11.8 Å². The van der Waals surface area contributed by atoms with Gasteiger partial charge in [-0.1, -0.05) is 18.2 Å². The molecule has 0 saturated carbocycles. The van der Waals surface area contributed by atoms with E-state index in [9.17, 15) is 9.59 Å². The topological polar surface area (TPSA) is 49.4 Å². The zero-order valence-corrected chi connectivity index (χ0v) is 13.9. The fourth-order valence-electron chi connectivity index (χ4n) is 3.22. The molecule has 2 amide bonds. The molecule has 2 aliphatic heterocycles. The van der Waals surface area contributed by atoms with Crippen LogP contribution in [0.2, 0.25) is 0 Å². The van der Waals surface area contributed by atoms with Gasteiger partial charge >= 0.3 is 0 Å². The number of fused-ring (bicyclic) bond motifs is 1. The molecule has 22 heavy (non-hydrogen) atoms. The molecule has 6 heteroatoms. The summed E-state index contributed by atoms with van der Waals surface area (Å²) < 4.78 is 0. The van der Waals surface area contributed by atoms with Crippen molar-refractivity contribution >= 4 is 36.0 Å². The minimum atomic E-state index is -0.279. The Morgan fingerprint density at radius 3 is 2.91 bits per heavy atom. The van der Waals surface area contributed by atoms with E-state index in [-0.39, 0.29) is 23.2 Å². The van der Waals surface area contributed by atoms with Gasteiger partial charge in [-0.3, -0.25) is 19.8 Å². The summed E-state index contributed by atoms with van der Waals surface area (Å²) >= 11 is 10.4. The second-order valence-corrected chi connectivity index (χ2v) is 6.71. The van der Waals surface area contributed by atoms with Crippen molar-refractivity contribution in [3.63, 3.8) is 0 Å². The number of halogens is 1. The van der Waals surface area contributed by atoms with Gasteiger partial charge in [0.15, 0.2) is 0 Å². The molecular formula is C16H19ClN2O2S. The first kappa shape index (κ1) is 15.8. The molecule has 3 rings (SSSR count). The van der Waals surface area contributed by atoms with E-state index in [2.05, 4.69) is 41.0 Å². The average Bonchev–Trinajstić information content (AvgIpc) is 2.82. The number of nitrogens with one attached hydrogen (secondary N) is 1. The smallest absolute Gasteiger partial charge is 0.243 e. The number of carbonyl (C=O) groups is 2. The molecule has 0 aliphatic carbocycles. The molecule has 4 nitrogen and oxygen atoms in total. The Labute approximate surface area is 140 Å². The summed E-state index contributed by atoms with van der Waals surface area (Å²) in [6, 6.07) is 6.13. The maximum absolute atomic E-state index is 12.1. The first-order valence-corrected chi connectivity index (χ1v) is 8.60. The van der Waals surface area contributed by atoms with E-state index in [4.69, 9.17) is 11.6 Å². The predicted octanol–water partition coefficient (Wildman–Crippen LogP) is 2.41. The highest BCUT2D eigenvalue weighted by Crippen LogP contribution is 2.39. The summed E-state index contributed by atoms with van der Waals surface area (Å²) in [5, 5.41) is 2.33. The molecule has 0 spiro atoms. The van der Waals surface area contributed by atoms with Gasteiger partial charge in [-0.15, -0.1) is 11.6 Å². The molecule has 2 atom stereocenters. The van der Waals surface area contributed by atoms with E-state index in [1.54, 1.807) is 0 Å². The van der Waals surface area contributed by atoms with Crippen LogP contribution >= 0.6 is 24.2 Å². The number of alkyl halides is 1. The molecule has 0 aromatic heterocycles. The van der Waals surface area contributed by atoms with Crippen LogP contribution in [0.1, 0.15) is 41.3 Å². The number of imide groups is 1. The Morgan fingerprint density at radius 1 is 1.36 bits per heavy atom. The lowest BCUT2D eigenvalue weighted by Gasteiger charge is -2.32. The van der Waals surface area contributed by atoms with Gasteiger partial charge in [-0.2, -0.15) is 12.6 Å².